The average molecular weight is 265 g/mol. The van der Waals surface area contributed by atoms with Crippen molar-refractivity contribution in [1.82, 2.24) is 14.7 Å². The quantitative estimate of drug-likeness (QED) is 0.841. The van der Waals surface area contributed by atoms with Crippen LogP contribution < -0.4 is 5.56 Å². The summed E-state index contributed by atoms with van der Waals surface area (Å²) in [6.07, 6.45) is 1.84. The lowest BCUT2D eigenvalue weighted by Gasteiger charge is -2.31. The SMILES string of the molecule is CCn1nc(C(=O)N2CCCC(CO)C2)ccc1=O. The zero-order valence-electron chi connectivity index (χ0n) is 11.1. The second-order valence-electron chi connectivity index (χ2n) is 4.81. The highest BCUT2D eigenvalue weighted by Gasteiger charge is 2.25. The van der Waals surface area contributed by atoms with Crippen LogP contribution in [-0.2, 0) is 6.54 Å². The van der Waals surface area contributed by atoms with Crippen LogP contribution in [0.1, 0.15) is 30.3 Å². The Hall–Kier alpha value is -1.69. The van der Waals surface area contributed by atoms with E-state index in [1.54, 1.807) is 4.90 Å². The third-order valence-corrected chi connectivity index (χ3v) is 3.45. The zero-order valence-corrected chi connectivity index (χ0v) is 11.1. The standard InChI is InChI=1S/C13H19N3O3/c1-2-16-12(18)6-5-11(14-16)13(19)15-7-3-4-10(8-15)9-17/h5-6,10,17H,2-4,7-9H2,1H3. The minimum absolute atomic E-state index is 0.103. The van der Waals surface area contributed by atoms with Crippen LogP contribution in [0.2, 0.25) is 0 Å². The van der Waals surface area contributed by atoms with Crippen molar-refractivity contribution >= 4 is 5.91 Å². The minimum Gasteiger partial charge on any atom is -0.396 e. The predicted molar refractivity (Wildman–Crippen MR) is 69.9 cm³/mol. The molecule has 1 fully saturated rings. The Morgan fingerprint density at radius 2 is 2.32 bits per heavy atom. The number of aliphatic hydroxyl groups excluding tert-OH is 1. The third-order valence-electron chi connectivity index (χ3n) is 3.45. The maximum atomic E-state index is 12.3. The lowest BCUT2D eigenvalue weighted by Crippen LogP contribution is -2.41. The van der Waals surface area contributed by atoms with Gasteiger partial charge in [-0.2, -0.15) is 5.10 Å². The molecule has 1 aromatic rings. The van der Waals surface area contributed by atoms with Gasteiger partial charge < -0.3 is 10.0 Å². The first-order valence-electron chi connectivity index (χ1n) is 6.64. The largest absolute Gasteiger partial charge is 0.396 e. The number of carbonyl (C=O) groups excluding carboxylic acids is 1. The lowest BCUT2D eigenvalue weighted by atomic mass is 9.99. The normalized spacial score (nSPS) is 19.5. The first kappa shape index (κ1) is 13.7. The second kappa shape index (κ2) is 5.97. The first-order chi connectivity index (χ1) is 9.15. The third kappa shape index (κ3) is 3.01. The first-order valence-corrected chi connectivity index (χ1v) is 6.64. The average Bonchev–Trinajstić information content (AvgIpc) is 2.47. The van der Waals surface area contributed by atoms with E-state index >= 15 is 0 Å². The Balaban J connectivity index is 2.17. The highest BCUT2D eigenvalue weighted by molar-refractivity contribution is 5.92. The fourth-order valence-electron chi connectivity index (χ4n) is 2.35. The van der Waals surface area contributed by atoms with E-state index in [2.05, 4.69) is 5.10 Å². The summed E-state index contributed by atoms with van der Waals surface area (Å²) in [7, 11) is 0. The molecule has 1 aliphatic heterocycles. The molecule has 1 N–H and O–H groups in total. The molecule has 1 aromatic heterocycles. The number of nitrogens with zero attached hydrogens (tertiary/aromatic N) is 3. The molecule has 1 saturated heterocycles. The van der Waals surface area contributed by atoms with E-state index in [9.17, 15) is 14.7 Å². The number of carbonyl (C=O) groups is 1. The van der Waals surface area contributed by atoms with Gasteiger partial charge in [0.1, 0.15) is 5.69 Å². The number of rotatable bonds is 3. The van der Waals surface area contributed by atoms with Gasteiger partial charge >= 0.3 is 0 Å². The molecule has 1 unspecified atom stereocenters. The van der Waals surface area contributed by atoms with Gasteiger partial charge in [-0.05, 0) is 31.7 Å². The van der Waals surface area contributed by atoms with Crippen molar-refractivity contribution in [3.05, 3.63) is 28.2 Å². The summed E-state index contributed by atoms with van der Waals surface area (Å²) in [5.74, 6) is -0.0184. The van der Waals surface area contributed by atoms with E-state index in [0.29, 0.717) is 25.3 Å². The van der Waals surface area contributed by atoms with Crippen LogP contribution in [0, 0.1) is 5.92 Å². The number of piperidine rings is 1. The fraction of sp³-hybridized carbons (Fsp3) is 0.615. The number of hydrogen-bond donors (Lipinski definition) is 1. The number of aliphatic hydroxyl groups is 1. The highest BCUT2D eigenvalue weighted by Crippen LogP contribution is 2.17. The van der Waals surface area contributed by atoms with Crippen molar-refractivity contribution in [1.29, 1.82) is 0 Å². The van der Waals surface area contributed by atoms with Crippen LogP contribution in [0.15, 0.2) is 16.9 Å². The molecule has 1 amide bonds. The van der Waals surface area contributed by atoms with Gasteiger partial charge in [0.15, 0.2) is 0 Å². The summed E-state index contributed by atoms with van der Waals surface area (Å²) >= 11 is 0. The molecule has 6 nitrogen and oxygen atoms in total. The molecule has 1 atom stereocenters. The van der Waals surface area contributed by atoms with Crippen molar-refractivity contribution in [3.63, 3.8) is 0 Å². The van der Waals surface area contributed by atoms with E-state index in [-0.39, 0.29) is 24.0 Å². The number of aromatic nitrogens is 2. The smallest absolute Gasteiger partial charge is 0.274 e. The zero-order chi connectivity index (χ0) is 13.8. The van der Waals surface area contributed by atoms with Gasteiger partial charge in [0.2, 0.25) is 0 Å². The molecule has 0 radical (unpaired) electrons. The summed E-state index contributed by atoms with van der Waals surface area (Å²) in [6.45, 7) is 3.60. The Kier molecular flexibility index (Phi) is 4.31. The lowest BCUT2D eigenvalue weighted by molar-refractivity contribution is 0.0612. The molecular formula is C13H19N3O3. The van der Waals surface area contributed by atoms with Crippen LogP contribution in [0.25, 0.3) is 0 Å². The monoisotopic (exact) mass is 265 g/mol. The van der Waals surface area contributed by atoms with Gasteiger partial charge in [-0.25, -0.2) is 4.68 Å². The maximum absolute atomic E-state index is 12.3. The summed E-state index contributed by atoms with van der Waals surface area (Å²) in [6, 6.07) is 2.84. The topological polar surface area (TPSA) is 75.4 Å². The van der Waals surface area contributed by atoms with Gasteiger partial charge in [0, 0.05) is 32.3 Å². The van der Waals surface area contributed by atoms with Gasteiger partial charge in [-0.3, -0.25) is 9.59 Å². The molecule has 2 rings (SSSR count). The number of amides is 1. The number of aryl methyl sites for hydroxylation is 1. The van der Waals surface area contributed by atoms with Crippen molar-refractivity contribution in [2.75, 3.05) is 19.7 Å². The van der Waals surface area contributed by atoms with Crippen molar-refractivity contribution < 1.29 is 9.90 Å². The van der Waals surface area contributed by atoms with Crippen molar-refractivity contribution in [3.8, 4) is 0 Å². The molecule has 6 heteroatoms. The molecule has 0 aromatic carbocycles. The number of hydrogen-bond acceptors (Lipinski definition) is 4. The van der Waals surface area contributed by atoms with E-state index in [1.807, 2.05) is 6.92 Å². The summed E-state index contributed by atoms with van der Waals surface area (Å²) in [5.41, 5.74) is 0.0889. The van der Waals surface area contributed by atoms with Gasteiger partial charge in [0.05, 0.1) is 0 Å². The molecule has 0 bridgehead atoms. The highest BCUT2D eigenvalue weighted by atomic mass is 16.3. The Morgan fingerprint density at radius 3 is 3.00 bits per heavy atom. The van der Waals surface area contributed by atoms with Crippen LogP contribution in [0.3, 0.4) is 0 Å². The van der Waals surface area contributed by atoms with Crippen LogP contribution >= 0.6 is 0 Å². The Bertz CT molecular complexity index is 512. The van der Waals surface area contributed by atoms with Crippen LogP contribution in [-0.4, -0.2) is 45.4 Å². The van der Waals surface area contributed by atoms with Gasteiger partial charge in [-0.15, -0.1) is 0 Å². The Morgan fingerprint density at radius 1 is 1.53 bits per heavy atom. The van der Waals surface area contributed by atoms with E-state index in [0.717, 1.165) is 12.8 Å². The predicted octanol–water partition coefficient (Wildman–Crippen LogP) is 0.108. The maximum Gasteiger partial charge on any atom is 0.274 e. The van der Waals surface area contributed by atoms with Gasteiger partial charge in [0.25, 0.3) is 11.5 Å². The molecule has 0 spiro atoms. The molecular weight excluding hydrogens is 246 g/mol. The van der Waals surface area contributed by atoms with E-state index in [4.69, 9.17) is 0 Å². The van der Waals surface area contributed by atoms with Crippen molar-refractivity contribution in [2.24, 2.45) is 5.92 Å². The molecule has 104 valence electrons. The molecule has 19 heavy (non-hydrogen) atoms. The Labute approximate surface area is 111 Å². The fourth-order valence-corrected chi connectivity index (χ4v) is 2.35. The van der Waals surface area contributed by atoms with E-state index < -0.39 is 0 Å². The minimum atomic E-state index is -0.203. The molecule has 2 heterocycles. The van der Waals surface area contributed by atoms with E-state index in [1.165, 1.54) is 16.8 Å². The summed E-state index contributed by atoms with van der Waals surface area (Å²) in [5, 5.41) is 13.2. The van der Waals surface area contributed by atoms with Gasteiger partial charge in [-0.1, -0.05) is 0 Å². The number of likely N-dealkylation sites (tertiary alicyclic amines) is 1. The van der Waals surface area contributed by atoms with Crippen LogP contribution in [0.4, 0.5) is 0 Å². The second-order valence-corrected chi connectivity index (χ2v) is 4.81. The molecule has 0 saturated carbocycles. The molecule has 0 aliphatic carbocycles. The van der Waals surface area contributed by atoms with Crippen LogP contribution in [0.5, 0.6) is 0 Å². The van der Waals surface area contributed by atoms with Crippen molar-refractivity contribution in [2.45, 2.75) is 26.3 Å². The summed E-state index contributed by atoms with van der Waals surface area (Å²) < 4.78 is 1.28. The summed E-state index contributed by atoms with van der Waals surface area (Å²) in [4.78, 5) is 25.5. The molecule has 1 aliphatic rings.